The fourth-order valence-corrected chi connectivity index (χ4v) is 4.26. The number of para-hydroxylation sites is 1. The van der Waals surface area contributed by atoms with Crippen molar-refractivity contribution in [3.05, 3.63) is 120 Å². The zero-order valence-corrected chi connectivity index (χ0v) is 18.3. The quantitative estimate of drug-likeness (QED) is 0.252. The Morgan fingerprint density at radius 2 is 1.55 bits per heavy atom. The van der Waals surface area contributed by atoms with Crippen molar-refractivity contribution in [3.63, 3.8) is 0 Å². The minimum Gasteiger partial charge on any atom is -0.342 e. The predicted molar refractivity (Wildman–Crippen MR) is 135 cm³/mol. The van der Waals surface area contributed by atoms with E-state index in [0.717, 1.165) is 28.6 Å². The molecule has 0 saturated carbocycles. The van der Waals surface area contributed by atoms with Crippen LogP contribution >= 0.6 is 0 Å². The number of hydrazone groups is 1. The highest BCUT2D eigenvalue weighted by Crippen LogP contribution is 2.24. The summed E-state index contributed by atoms with van der Waals surface area (Å²) in [4.78, 5) is 12.2. The van der Waals surface area contributed by atoms with E-state index in [0.29, 0.717) is 12.8 Å². The maximum Gasteiger partial charge on any atom is 0.240 e. The van der Waals surface area contributed by atoms with Crippen molar-refractivity contribution in [1.29, 1.82) is 0 Å². The van der Waals surface area contributed by atoms with Gasteiger partial charge in [0.15, 0.2) is 0 Å². The number of aryl methyl sites for hydroxylation is 1. The second kappa shape index (κ2) is 9.53. The van der Waals surface area contributed by atoms with Gasteiger partial charge in [-0.25, -0.2) is 5.43 Å². The van der Waals surface area contributed by atoms with E-state index in [1.807, 2.05) is 42.5 Å². The molecule has 0 atom stereocenters. The molecule has 1 amide bonds. The summed E-state index contributed by atoms with van der Waals surface area (Å²) >= 11 is 0. The molecule has 4 nitrogen and oxygen atoms in total. The van der Waals surface area contributed by atoms with Crippen molar-refractivity contribution in [1.82, 2.24) is 9.99 Å². The van der Waals surface area contributed by atoms with Gasteiger partial charge < -0.3 is 4.57 Å². The zero-order valence-electron chi connectivity index (χ0n) is 18.3. The molecule has 0 bridgehead atoms. The summed E-state index contributed by atoms with van der Waals surface area (Å²) in [5, 5.41) is 7.85. The van der Waals surface area contributed by atoms with Crippen molar-refractivity contribution in [2.75, 3.05) is 0 Å². The minimum atomic E-state index is -0.0883. The van der Waals surface area contributed by atoms with Gasteiger partial charge in [-0.3, -0.25) is 4.79 Å². The predicted octanol–water partition coefficient (Wildman–Crippen LogP) is 5.93. The summed E-state index contributed by atoms with van der Waals surface area (Å²) in [6, 6.07) is 33.2. The molecule has 1 heterocycles. The number of amides is 1. The first-order chi connectivity index (χ1) is 16.3. The molecule has 5 rings (SSSR count). The Bertz CT molecular complexity index is 1430. The molecule has 0 unspecified atom stereocenters. The fraction of sp³-hybridized carbons (Fsp3) is 0.103. The van der Waals surface area contributed by atoms with Gasteiger partial charge in [-0.1, -0.05) is 91.0 Å². The number of hydrogen-bond acceptors (Lipinski definition) is 2. The number of aromatic nitrogens is 1. The molecule has 0 aliphatic carbocycles. The Morgan fingerprint density at radius 1 is 0.818 bits per heavy atom. The maximum atomic E-state index is 12.2. The van der Waals surface area contributed by atoms with Gasteiger partial charge in [0.05, 0.1) is 6.21 Å². The molecule has 0 aliphatic heterocycles. The summed E-state index contributed by atoms with van der Waals surface area (Å²) in [7, 11) is 0. The lowest BCUT2D eigenvalue weighted by atomic mass is 10.0. The van der Waals surface area contributed by atoms with Gasteiger partial charge in [0, 0.05) is 35.6 Å². The van der Waals surface area contributed by atoms with E-state index in [2.05, 4.69) is 75.9 Å². The van der Waals surface area contributed by atoms with Crippen LogP contribution in [0.4, 0.5) is 0 Å². The normalized spacial score (nSPS) is 11.4. The third-order valence-corrected chi connectivity index (χ3v) is 5.92. The molecule has 0 radical (unpaired) electrons. The van der Waals surface area contributed by atoms with E-state index in [1.54, 1.807) is 6.21 Å². The number of carbonyl (C=O) groups is 1. The molecule has 0 saturated heterocycles. The van der Waals surface area contributed by atoms with Crippen LogP contribution in [0.2, 0.25) is 0 Å². The van der Waals surface area contributed by atoms with Crippen LogP contribution in [0.5, 0.6) is 0 Å². The van der Waals surface area contributed by atoms with Crippen molar-refractivity contribution >= 4 is 33.8 Å². The average molecular weight is 432 g/mol. The average Bonchev–Trinajstić information content (AvgIpc) is 3.21. The largest absolute Gasteiger partial charge is 0.342 e. The van der Waals surface area contributed by atoms with Crippen LogP contribution in [0.25, 0.3) is 21.7 Å². The molecule has 0 fully saturated rings. The molecule has 1 aromatic heterocycles. The van der Waals surface area contributed by atoms with Gasteiger partial charge in [-0.2, -0.15) is 5.10 Å². The van der Waals surface area contributed by atoms with E-state index in [1.165, 1.54) is 16.3 Å². The van der Waals surface area contributed by atoms with Crippen molar-refractivity contribution in [2.24, 2.45) is 5.10 Å². The van der Waals surface area contributed by atoms with Crippen LogP contribution in [0.3, 0.4) is 0 Å². The monoisotopic (exact) mass is 431 g/mol. The lowest BCUT2D eigenvalue weighted by molar-refractivity contribution is -0.121. The minimum absolute atomic E-state index is 0.0883. The zero-order chi connectivity index (χ0) is 22.5. The number of hydrogen-bond donors (Lipinski definition) is 1. The summed E-state index contributed by atoms with van der Waals surface area (Å²) in [5.41, 5.74) is 7.21. The Hall–Kier alpha value is -4.18. The molecule has 4 aromatic carbocycles. The van der Waals surface area contributed by atoms with Gasteiger partial charge in [0.2, 0.25) is 5.91 Å². The van der Waals surface area contributed by atoms with Crippen molar-refractivity contribution in [2.45, 2.75) is 19.4 Å². The van der Waals surface area contributed by atoms with Crippen molar-refractivity contribution < 1.29 is 4.79 Å². The molecule has 0 spiro atoms. The van der Waals surface area contributed by atoms with Gasteiger partial charge in [0.1, 0.15) is 0 Å². The van der Waals surface area contributed by atoms with E-state index in [9.17, 15) is 4.79 Å². The molecule has 4 heteroatoms. The highest BCUT2D eigenvalue weighted by atomic mass is 16.2. The second-order valence-corrected chi connectivity index (χ2v) is 8.15. The molecular weight excluding hydrogens is 406 g/mol. The molecule has 33 heavy (non-hydrogen) atoms. The number of nitrogens with one attached hydrogen (secondary N) is 1. The summed E-state index contributed by atoms with van der Waals surface area (Å²) in [6.07, 6.45) is 4.95. The van der Waals surface area contributed by atoms with E-state index >= 15 is 0 Å². The fourth-order valence-electron chi connectivity index (χ4n) is 4.26. The Balaban J connectivity index is 1.33. The lowest BCUT2D eigenvalue weighted by Crippen LogP contribution is -2.17. The van der Waals surface area contributed by atoms with Crippen LogP contribution in [0.15, 0.2) is 108 Å². The number of benzene rings is 4. The SMILES string of the molecule is O=C(CCc1ccccc1)N/N=C/c1cn(Cc2cccc3ccccc23)c2ccccc12. The first-order valence-electron chi connectivity index (χ1n) is 11.2. The van der Waals surface area contributed by atoms with Crippen LogP contribution in [-0.4, -0.2) is 16.7 Å². The standard InChI is InChI=1S/C29H25N3O/c33-29(18-17-22-9-2-1-3-10-22)31-30-19-25-21-32(28-16-7-6-15-27(25)28)20-24-13-8-12-23-11-4-5-14-26(23)24/h1-16,19,21H,17-18,20H2,(H,31,33)/b30-19+. The number of fused-ring (bicyclic) bond motifs is 2. The number of carbonyl (C=O) groups excluding carboxylic acids is 1. The maximum absolute atomic E-state index is 12.2. The van der Waals surface area contributed by atoms with Crippen LogP contribution < -0.4 is 5.43 Å². The van der Waals surface area contributed by atoms with Gasteiger partial charge >= 0.3 is 0 Å². The molecular formula is C29H25N3O. The van der Waals surface area contributed by atoms with E-state index in [-0.39, 0.29) is 5.91 Å². The molecule has 162 valence electrons. The van der Waals surface area contributed by atoms with Crippen LogP contribution in [0, 0.1) is 0 Å². The van der Waals surface area contributed by atoms with E-state index in [4.69, 9.17) is 0 Å². The van der Waals surface area contributed by atoms with Crippen molar-refractivity contribution in [3.8, 4) is 0 Å². The summed E-state index contributed by atoms with van der Waals surface area (Å²) < 4.78 is 2.25. The van der Waals surface area contributed by atoms with Gasteiger partial charge in [-0.05, 0) is 34.4 Å². The summed E-state index contributed by atoms with van der Waals surface area (Å²) in [6.45, 7) is 0.763. The number of rotatable bonds is 7. The van der Waals surface area contributed by atoms with Crippen LogP contribution in [0.1, 0.15) is 23.1 Å². The van der Waals surface area contributed by atoms with Gasteiger partial charge in [0.25, 0.3) is 0 Å². The highest BCUT2D eigenvalue weighted by molar-refractivity contribution is 6.00. The van der Waals surface area contributed by atoms with E-state index < -0.39 is 0 Å². The molecule has 1 N–H and O–H groups in total. The Labute approximate surface area is 193 Å². The molecule has 0 aliphatic rings. The summed E-state index contributed by atoms with van der Waals surface area (Å²) in [5.74, 6) is -0.0883. The Morgan fingerprint density at radius 3 is 2.42 bits per heavy atom. The topological polar surface area (TPSA) is 46.4 Å². The third-order valence-electron chi connectivity index (χ3n) is 5.92. The smallest absolute Gasteiger partial charge is 0.240 e. The highest BCUT2D eigenvalue weighted by Gasteiger charge is 2.09. The number of nitrogens with zero attached hydrogens (tertiary/aromatic N) is 2. The van der Waals surface area contributed by atoms with Crippen LogP contribution in [-0.2, 0) is 17.8 Å². The molecule has 5 aromatic rings. The Kier molecular flexibility index (Phi) is 5.98. The second-order valence-electron chi connectivity index (χ2n) is 8.15. The first kappa shape index (κ1) is 20.7. The third kappa shape index (κ3) is 4.70. The lowest BCUT2D eigenvalue weighted by Gasteiger charge is -2.09. The van der Waals surface area contributed by atoms with Gasteiger partial charge in [-0.15, -0.1) is 0 Å². The first-order valence-corrected chi connectivity index (χ1v) is 11.2.